The number of hydrogen-bond acceptors (Lipinski definition) is 6. The number of nitrogen functional groups attached to an aromatic ring is 1. The van der Waals surface area contributed by atoms with Gasteiger partial charge in [0.05, 0.1) is 13.2 Å². The van der Waals surface area contributed by atoms with E-state index in [1.807, 2.05) is 0 Å². The van der Waals surface area contributed by atoms with Gasteiger partial charge in [0.15, 0.2) is 0 Å². The second-order valence-corrected chi connectivity index (χ2v) is 5.46. The molecule has 1 aromatic heterocycles. The van der Waals surface area contributed by atoms with Crippen LogP contribution in [0.4, 0.5) is 11.5 Å². The van der Waals surface area contributed by atoms with Crippen molar-refractivity contribution in [3.8, 4) is 0 Å². The molecule has 0 bridgehead atoms. The van der Waals surface area contributed by atoms with Gasteiger partial charge in [-0.3, -0.25) is 14.3 Å². The summed E-state index contributed by atoms with van der Waals surface area (Å²) in [5.74, 6) is 0.639. The standard InChI is InChI=1S/C13H23N5O3/c1-17-4-3-9(8-17)7-15-10-11(14)18(5-6-21-2)13(20)16-12(10)19/h9,15H,3-8,14H2,1-2H3,(H,16,19,20). The minimum Gasteiger partial charge on any atom is -0.383 e. The maximum atomic E-state index is 11.9. The number of rotatable bonds is 6. The fraction of sp³-hybridized carbons (Fsp3) is 0.692. The molecular formula is C13H23N5O3. The zero-order valence-corrected chi connectivity index (χ0v) is 12.5. The Kier molecular flexibility index (Phi) is 5.03. The number of nitrogens with zero attached hydrogens (tertiary/aromatic N) is 2. The van der Waals surface area contributed by atoms with Crippen LogP contribution in [0, 0.1) is 5.92 Å². The maximum absolute atomic E-state index is 11.9. The van der Waals surface area contributed by atoms with Crippen LogP contribution < -0.4 is 22.3 Å². The highest BCUT2D eigenvalue weighted by atomic mass is 16.5. The highest BCUT2D eigenvalue weighted by molar-refractivity contribution is 5.60. The van der Waals surface area contributed by atoms with E-state index in [2.05, 4.69) is 22.2 Å². The van der Waals surface area contributed by atoms with E-state index in [0.717, 1.165) is 19.5 Å². The number of nitrogens with two attached hydrogens (primary N) is 1. The van der Waals surface area contributed by atoms with Gasteiger partial charge in [-0.15, -0.1) is 0 Å². The van der Waals surface area contributed by atoms with Crippen LogP contribution in [-0.4, -0.2) is 54.8 Å². The summed E-state index contributed by atoms with van der Waals surface area (Å²) < 4.78 is 6.26. The summed E-state index contributed by atoms with van der Waals surface area (Å²) in [5, 5.41) is 3.09. The summed E-state index contributed by atoms with van der Waals surface area (Å²) in [5.41, 5.74) is 5.23. The van der Waals surface area contributed by atoms with Crippen molar-refractivity contribution in [1.29, 1.82) is 0 Å². The molecule has 0 spiro atoms. The third kappa shape index (κ3) is 3.64. The average Bonchev–Trinajstić information content (AvgIpc) is 2.84. The fourth-order valence-corrected chi connectivity index (χ4v) is 2.60. The molecule has 1 aromatic rings. The molecule has 118 valence electrons. The van der Waals surface area contributed by atoms with Crippen molar-refractivity contribution in [2.45, 2.75) is 13.0 Å². The minimum atomic E-state index is -0.513. The van der Waals surface area contributed by atoms with Crippen LogP contribution in [0.15, 0.2) is 9.59 Å². The van der Waals surface area contributed by atoms with Crippen molar-refractivity contribution in [3.63, 3.8) is 0 Å². The Morgan fingerprint density at radius 2 is 2.24 bits per heavy atom. The van der Waals surface area contributed by atoms with Gasteiger partial charge in [0, 0.05) is 20.2 Å². The van der Waals surface area contributed by atoms with Gasteiger partial charge in [0.1, 0.15) is 11.5 Å². The van der Waals surface area contributed by atoms with Gasteiger partial charge in [-0.1, -0.05) is 0 Å². The lowest BCUT2D eigenvalue weighted by atomic mass is 10.1. The molecule has 0 aromatic carbocycles. The molecule has 0 saturated carbocycles. The van der Waals surface area contributed by atoms with Crippen molar-refractivity contribution < 1.29 is 4.74 Å². The van der Waals surface area contributed by atoms with Crippen LogP contribution >= 0.6 is 0 Å². The Hall–Kier alpha value is -1.80. The van der Waals surface area contributed by atoms with E-state index >= 15 is 0 Å². The van der Waals surface area contributed by atoms with Crippen LogP contribution in [0.2, 0.25) is 0 Å². The average molecular weight is 297 g/mol. The zero-order chi connectivity index (χ0) is 15.4. The molecule has 0 amide bonds. The summed E-state index contributed by atoms with van der Waals surface area (Å²) in [6, 6.07) is 0. The highest BCUT2D eigenvalue weighted by Gasteiger charge is 2.20. The van der Waals surface area contributed by atoms with Crippen molar-refractivity contribution in [2.24, 2.45) is 5.92 Å². The molecule has 1 atom stereocenters. The SMILES string of the molecule is COCCn1c(N)c(NCC2CCN(C)C2)c(=O)[nH]c1=O. The van der Waals surface area contributed by atoms with Crippen LogP contribution in [-0.2, 0) is 11.3 Å². The number of aromatic nitrogens is 2. The number of aromatic amines is 1. The molecule has 2 heterocycles. The summed E-state index contributed by atoms with van der Waals surface area (Å²) in [7, 11) is 3.62. The van der Waals surface area contributed by atoms with Gasteiger partial charge in [0.25, 0.3) is 5.56 Å². The van der Waals surface area contributed by atoms with Gasteiger partial charge in [0.2, 0.25) is 0 Å². The van der Waals surface area contributed by atoms with E-state index < -0.39 is 11.2 Å². The van der Waals surface area contributed by atoms with E-state index in [0.29, 0.717) is 25.6 Å². The zero-order valence-electron chi connectivity index (χ0n) is 12.5. The first-order valence-electron chi connectivity index (χ1n) is 7.07. The van der Waals surface area contributed by atoms with Gasteiger partial charge in [-0.2, -0.15) is 0 Å². The normalized spacial score (nSPS) is 19.0. The summed E-state index contributed by atoms with van der Waals surface area (Å²) in [6.07, 6.45) is 1.09. The van der Waals surface area contributed by atoms with E-state index in [1.165, 1.54) is 4.57 Å². The predicted molar refractivity (Wildman–Crippen MR) is 81.7 cm³/mol. The minimum absolute atomic E-state index is 0.159. The quantitative estimate of drug-likeness (QED) is 0.630. The number of hydrogen-bond donors (Lipinski definition) is 3. The topological polar surface area (TPSA) is 105 Å². The molecule has 0 aliphatic carbocycles. The maximum Gasteiger partial charge on any atom is 0.330 e. The summed E-state index contributed by atoms with van der Waals surface area (Å²) >= 11 is 0. The second-order valence-electron chi connectivity index (χ2n) is 5.46. The number of anilines is 2. The molecule has 0 radical (unpaired) electrons. The third-order valence-corrected chi connectivity index (χ3v) is 3.82. The van der Waals surface area contributed by atoms with Crippen LogP contribution in [0.25, 0.3) is 0 Å². The monoisotopic (exact) mass is 297 g/mol. The lowest BCUT2D eigenvalue weighted by Crippen LogP contribution is -2.35. The van der Waals surface area contributed by atoms with Crippen LogP contribution in [0.1, 0.15) is 6.42 Å². The first-order chi connectivity index (χ1) is 10.0. The third-order valence-electron chi connectivity index (χ3n) is 3.82. The molecule has 8 nitrogen and oxygen atoms in total. The van der Waals surface area contributed by atoms with E-state index in [1.54, 1.807) is 7.11 Å². The van der Waals surface area contributed by atoms with Gasteiger partial charge in [-0.05, 0) is 25.9 Å². The molecule has 1 unspecified atom stereocenters. The van der Waals surface area contributed by atoms with Gasteiger partial charge in [-0.25, -0.2) is 4.79 Å². The molecule has 8 heteroatoms. The molecule has 1 saturated heterocycles. The van der Waals surface area contributed by atoms with Crippen LogP contribution in [0.5, 0.6) is 0 Å². The Balaban J connectivity index is 2.14. The Morgan fingerprint density at radius 3 is 2.86 bits per heavy atom. The largest absolute Gasteiger partial charge is 0.383 e. The fourth-order valence-electron chi connectivity index (χ4n) is 2.60. The molecule has 1 aliphatic heterocycles. The lowest BCUT2D eigenvalue weighted by Gasteiger charge is -2.16. The molecule has 4 N–H and O–H groups in total. The molecule has 2 rings (SSSR count). The second kappa shape index (κ2) is 6.77. The Morgan fingerprint density at radius 1 is 1.48 bits per heavy atom. The summed E-state index contributed by atoms with van der Waals surface area (Å²) in [4.78, 5) is 28.2. The Labute approximate surface area is 122 Å². The highest BCUT2D eigenvalue weighted by Crippen LogP contribution is 2.16. The van der Waals surface area contributed by atoms with E-state index in [4.69, 9.17) is 10.5 Å². The predicted octanol–water partition coefficient (Wildman–Crippen LogP) is -0.871. The van der Waals surface area contributed by atoms with Crippen molar-refractivity contribution in [3.05, 3.63) is 20.8 Å². The number of methoxy groups -OCH3 is 1. The van der Waals surface area contributed by atoms with Crippen molar-refractivity contribution in [2.75, 3.05) is 51.4 Å². The van der Waals surface area contributed by atoms with Crippen molar-refractivity contribution >= 4 is 11.5 Å². The smallest absolute Gasteiger partial charge is 0.330 e. The number of likely N-dealkylation sites (tertiary alicyclic amines) is 1. The number of ether oxygens (including phenoxy) is 1. The Bertz CT molecular complexity index is 594. The van der Waals surface area contributed by atoms with Gasteiger partial charge < -0.3 is 20.7 Å². The molecule has 1 fully saturated rings. The number of nitrogens with one attached hydrogen (secondary N) is 2. The van der Waals surface area contributed by atoms with Gasteiger partial charge >= 0.3 is 5.69 Å². The first kappa shape index (κ1) is 15.6. The summed E-state index contributed by atoms with van der Waals surface area (Å²) in [6.45, 7) is 3.38. The molecule has 1 aliphatic rings. The number of H-pyrrole nitrogens is 1. The lowest BCUT2D eigenvalue weighted by molar-refractivity contribution is 0.186. The van der Waals surface area contributed by atoms with Crippen molar-refractivity contribution in [1.82, 2.24) is 14.5 Å². The van der Waals surface area contributed by atoms with E-state index in [9.17, 15) is 9.59 Å². The van der Waals surface area contributed by atoms with Crippen LogP contribution in [0.3, 0.4) is 0 Å². The molecule has 21 heavy (non-hydrogen) atoms. The first-order valence-corrected chi connectivity index (χ1v) is 7.07. The van der Waals surface area contributed by atoms with E-state index in [-0.39, 0.29) is 11.5 Å². The molecular weight excluding hydrogens is 274 g/mol.